The average molecular weight is 376 g/mol. The van der Waals surface area contributed by atoms with Crippen LogP contribution in [-0.2, 0) is 6.54 Å². The van der Waals surface area contributed by atoms with Gasteiger partial charge in [0.1, 0.15) is 11.5 Å². The Morgan fingerprint density at radius 3 is 2.21 bits per heavy atom. The Hall–Kier alpha value is -2.56. The number of benzene rings is 1. The summed E-state index contributed by atoms with van der Waals surface area (Å²) in [6.07, 6.45) is 6.08. The summed E-state index contributed by atoms with van der Waals surface area (Å²) in [6, 6.07) is 13.0. The Kier molecular flexibility index (Phi) is 4.67. The number of hydrogen-bond acceptors (Lipinski definition) is 4. The molecule has 146 valence electrons. The molecule has 2 aliphatic heterocycles. The van der Waals surface area contributed by atoms with Gasteiger partial charge in [-0.05, 0) is 43.7 Å². The van der Waals surface area contributed by atoms with E-state index in [2.05, 4.69) is 57.7 Å². The highest BCUT2D eigenvalue weighted by Gasteiger charge is 2.25. The molecule has 0 atom stereocenters. The lowest BCUT2D eigenvalue weighted by Gasteiger charge is -2.21. The summed E-state index contributed by atoms with van der Waals surface area (Å²) in [6.45, 7) is 7.57. The van der Waals surface area contributed by atoms with Crippen LogP contribution in [0.2, 0.25) is 0 Å². The Balaban J connectivity index is 1.73. The summed E-state index contributed by atoms with van der Waals surface area (Å²) in [7, 11) is 0. The summed E-state index contributed by atoms with van der Waals surface area (Å²) < 4.78 is 2.41. The van der Waals surface area contributed by atoms with Gasteiger partial charge in [0.05, 0.1) is 11.1 Å². The fourth-order valence-corrected chi connectivity index (χ4v) is 4.63. The lowest BCUT2D eigenvalue weighted by atomic mass is 10.1. The molecule has 0 saturated carbocycles. The largest absolute Gasteiger partial charge is 0.356 e. The maximum absolute atomic E-state index is 5.11. The maximum atomic E-state index is 5.11. The summed E-state index contributed by atoms with van der Waals surface area (Å²) in [5, 5.41) is 1.21. The third-order valence-electron chi connectivity index (χ3n) is 6.03. The Morgan fingerprint density at radius 2 is 1.54 bits per heavy atom. The van der Waals surface area contributed by atoms with Crippen LogP contribution in [-0.4, -0.2) is 40.7 Å². The van der Waals surface area contributed by atoms with E-state index in [0.29, 0.717) is 0 Å². The second kappa shape index (κ2) is 7.46. The van der Waals surface area contributed by atoms with Crippen LogP contribution in [0.1, 0.15) is 39.0 Å². The van der Waals surface area contributed by atoms with Gasteiger partial charge in [-0.15, -0.1) is 0 Å². The minimum Gasteiger partial charge on any atom is -0.356 e. The third-order valence-corrected chi connectivity index (χ3v) is 6.03. The lowest BCUT2D eigenvalue weighted by Crippen LogP contribution is -2.24. The van der Waals surface area contributed by atoms with E-state index in [9.17, 15) is 0 Å². The molecule has 2 fully saturated rings. The van der Waals surface area contributed by atoms with E-state index in [-0.39, 0.29) is 0 Å². The number of aryl methyl sites for hydroxylation is 1. The van der Waals surface area contributed by atoms with Crippen molar-refractivity contribution in [1.29, 1.82) is 0 Å². The maximum Gasteiger partial charge on any atom is 0.229 e. The predicted molar refractivity (Wildman–Crippen MR) is 116 cm³/mol. The monoisotopic (exact) mass is 375 g/mol. The molecular weight excluding hydrogens is 346 g/mol. The fourth-order valence-electron chi connectivity index (χ4n) is 4.63. The molecule has 0 aliphatic carbocycles. The van der Waals surface area contributed by atoms with Crippen LogP contribution in [0.15, 0.2) is 36.4 Å². The van der Waals surface area contributed by atoms with E-state index in [1.165, 1.54) is 42.3 Å². The summed E-state index contributed by atoms with van der Waals surface area (Å²) in [4.78, 5) is 15.0. The molecule has 2 saturated heterocycles. The molecule has 0 radical (unpaired) electrons. The molecule has 5 rings (SSSR count). The minimum absolute atomic E-state index is 0.918. The van der Waals surface area contributed by atoms with Gasteiger partial charge in [0.15, 0.2) is 0 Å². The molecule has 0 N–H and O–H groups in total. The molecule has 5 nitrogen and oxygen atoms in total. The topological polar surface area (TPSA) is 37.2 Å². The van der Waals surface area contributed by atoms with E-state index in [1.807, 2.05) is 0 Å². The van der Waals surface area contributed by atoms with Gasteiger partial charge in [-0.25, -0.2) is 0 Å². The third kappa shape index (κ3) is 3.03. The first kappa shape index (κ1) is 17.5. The number of anilines is 2. The van der Waals surface area contributed by atoms with Crippen molar-refractivity contribution < 1.29 is 0 Å². The van der Waals surface area contributed by atoms with Gasteiger partial charge in [0.25, 0.3) is 0 Å². The Labute approximate surface area is 167 Å². The number of rotatable bonds is 5. The smallest absolute Gasteiger partial charge is 0.229 e. The highest BCUT2D eigenvalue weighted by Crippen LogP contribution is 2.35. The molecule has 0 bridgehead atoms. The van der Waals surface area contributed by atoms with Gasteiger partial charge >= 0.3 is 0 Å². The van der Waals surface area contributed by atoms with Crippen molar-refractivity contribution in [2.24, 2.45) is 0 Å². The summed E-state index contributed by atoms with van der Waals surface area (Å²) >= 11 is 0. The van der Waals surface area contributed by atoms with E-state index in [4.69, 9.17) is 9.97 Å². The first-order valence-corrected chi connectivity index (χ1v) is 10.8. The van der Waals surface area contributed by atoms with E-state index >= 15 is 0 Å². The van der Waals surface area contributed by atoms with E-state index < -0.39 is 0 Å². The average Bonchev–Trinajstić information content (AvgIpc) is 3.49. The predicted octanol–water partition coefficient (Wildman–Crippen LogP) is 4.71. The van der Waals surface area contributed by atoms with Gasteiger partial charge in [-0.2, -0.15) is 9.97 Å². The molecule has 1 aromatic carbocycles. The molecule has 3 aromatic rings. The summed E-state index contributed by atoms with van der Waals surface area (Å²) in [5.74, 6) is 2.05. The molecular formula is C23H29N5. The first-order chi connectivity index (χ1) is 13.8. The molecule has 0 unspecified atom stereocenters. The van der Waals surface area contributed by atoms with Crippen molar-refractivity contribution in [1.82, 2.24) is 14.5 Å². The van der Waals surface area contributed by atoms with Gasteiger partial charge in [0.2, 0.25) is 5.95 Å². The van der Waals surface area contributed by atoms with Gasteiger partial charge in [0, 0.05) is 32.7 Å². The molecule has 0 amide bonds. The number of nitrogens with zero attached hydrogens (tertiary/aromatic N) is 5. The van der Waals surface area contributed by atoms with Gasteiger partial charge in [-0.3, -0.25) is 0 Å². The second-order valence-electron chi connectivity index (χ2n) is 8.02. The molecule has 5 heteroatoms. The van der Waals surface area contributed by atoms with Crippen LogP contribution >= 0.6 is 0 Å². The number of hydrogen-bond donors (Lipinski definition) is 0. The van der Waals surface area contributed by atoms with Gasteiger partial charge in [-0.1, -0.05) is 37.3 Å². The van der Waals surface area contributed by atoms with Crippen molar-refractivity contribution in [3.8, 4) is 11.3 Å². The molecule has 28 heavy (non-hydrogen) atoms. The zero-order chi connectivity index (χ0) is 18.9. The van der Waals surface area contributed by atoms with Crippen molar-refractivity contribution in [2.75, 3.05) is 36.0 Å². The van der Waals surface area contributed by atoms with Crippen molar-refractivity contribution in [3.63, 3.8) is 0 Å². The molecule has 0 spiro atoms. The first-order valence-electron chi connectivity index (χ1n) is 10.8. The zero-order valence-corrected chi connectivity index (χ0v) is 16.8. The van der Waals surface area contributed by atoms with Crippen molar-refractivity contribution in [2.45, 2.75) is 45.6 Å². The van der Waals surface area contributed by atoms with Crippen molar-refractivity contribution in [3.05, 3.63) is 36.4 Å². The Morgan fingerprint density at radius 1 is 0.857 bits per heavy atom. The fraction of sp³-hybridized carbons (Fsp3) is 0.478. The number of fused-ring (bicyclic) bond motifs is 1. The van der Waals surface area contributed by atoms with Crippen molar-refractivity contribution >= 4 is 22.8 Å². The van der Waals surface area contributed by atoms with Crippen LogP contribution in [0.25, 0.3) is 22.3 Å². The van der Waals surface area contributed by atoms with Crippen LogP contribution in [0.3, 0.4) is 0 Å². The van der Waals surface area contributed by atoms with E-state index in [0.717, 1.165) is 56.6 Å². The molecule has 2 aromatic heterocycles. The normalized spacial score (nSPS) is 17.2. The van der Waals surface area contributed by atoms with E-state index in [1.54, 1.807) is 0 Å². The zero-order valence-electron chi connectivity index (χ0n) is 16.8. The van der Waals surface area contributed by atoms with Crippen LogP contribution in [0.4, 0.5) is 11.8 Å². The molecule has 2 aliphatic rings. The highest BCUT2D eigenvalue weighted by atomic mass is 15.3. The Bertz CT molecular complexity index is 950. The van der Waals surface area contributed by atoms with Crippen LogP contribution in [0, 0.1) is 0 Å². The standard InChI is InChI=1S/C23H29N5/c1-2-12-28-20(18-10-4-3-5-11-18)17-19-21(26-13-6-7-14-26)24-23(25-22(19)28)27-15-8-9-16-27/h3-5,10-11,17H,2,6-9,12-16H2,1H3. The SMILES string of the molecule is CCCn1c(-c2ccccc2)cc2c(N3CCCC3)nc(N3CCCC3)nc21. The molecule has 4 heterocycles. The van der Waals surface area contributed by atoms with Crippen LogP contribution in [0.5, 0.6) is 0 Å². The quantitative estimate of drug-likeness (QED) is 0.647. The van der Waals surface area contributed by atoms with Gasteiger partial charge < -0.3 is 14.4 Å². The summed E-state index contributed by atoms with van der Waals surface area (Å²) in [5.41, 5.74) is 3.61. The van der Waals surface area contributed by atoms with Crippen LogP contribution < -0.4 is 9.80 Å². The lowest BCUT2D eigenvalue weighted by molar-refractivity contribution is 0.702. The minimum atomic E-state index is 0.918. The second-order valence-corrected chi connectivity index (χ2v) is 8.02. The number of aromatic nitrogens is 3. The highest BCUT2D eigenvalue weighted by molar-refractivity contribution is 5.94.